The van der Waals surface area contributed by atoms with Crippen molar-refractivity contribution in [3.63, 3.8) is 0 Å². The van der Waals surface area contributed by atoms with Crippen LogP contribution in [0.25, 0.3) is 0 Å². The molecule has 18 heavy (non-hydrogen) atoms. The van der Waals surface area contributed by atoms with Gasteiger partial charge in [-0.05, 0) is 24.1 Å². The van der Waals surface area contributed by atoms with E-state index in [9.17, 15) is 8.78 Å². The maximum Gasteiger partial charge on any atom is 0.159 e. The van der Waals surface area contributed by atoms with E-state index in [1.165, 1.54) is 6.07 Å². The quantitative estimate of drug-likeness (QED) is 0.689. The molecule has 0 saturated heterocycles. The highest BCUT2D eigenvalue weighted by atomic mass is 19.2. The molecule has 0 radical (unpaired) electrons. The number of benzene rings is 1. The highest BCUT2D eigenvalue weighted by molar-refractivity contribution is 5.17. The molecule has 0 spiro atoms. The lowest BCUT2D eigenvalue weighted by Gasteiger charge is -2.06. The molecule has 0 amide bonds. The molecule has 0 saturated carbocycles. The van der Waals surface area contributed by atoms with Crippen molar-refractivity contribution in [3.8, 4) is 0 Å². The minimum absolute atomic E-state index is 0.499. The van der Waals surface area contributed by atoms with Crippen LogP contribution in [-0.2, 0) is 16.0 Å². The highest BCUT2D eigenvalue weighted by Gasteiger charge is 2.01. The van der Waals surface area contributed by atoms with Crippen LogP contribution in [0.3, 0.4) is 0 Å². The van der Waals surface area contributed by atoms with Gasteiger partial charge in [0.1, 0.15) is 0 Å². The lowest BCUT2D eigenvalue weighted by molar-refractivity contribution is 0.104. The molecule has 0 heterocycles. The minimum Gasteiger partial charge on any atom is -0.385 e. The van der Waals surface area contributed by atoms with Gasteiger partial charge in [-0.3, -0.25) is 0 Å². The van der Waals surface area contributed by atoms with Crippen LogP contribution in [0.15, 0.2) is 18.2 Å². The summed E-state index contributed by atoms with van der Waals surface area (Å²) >= 11 is 0. The van der Waals surface area contributed by atoms with E-state index in [0.29, 0.717) is 38.5 Å². The molecule has 0 aliphatic heterocycles. The van der Waals surface area contributed by atoms with Crippen LogP contribution in [0.1, 0.15) is 12.0 Å². The van der Waals surface area contributed by atoms with E-state index in [2.05, 4.69) is 5.32 Å². The Balaban J connectivity index is 2.05. The molecule has 0 aliphatic carbocycles. The highest BCUT2D eigenvalue weighted by Crippen LogP contribution is 2.08. The summed E-state index contributed by atoms with van der Waals surface area (Å²) in [5.74, 6) is -1.63. The van der Waals surface area contributed by atoms with Gasteiger partial charge in [-0.15, -0.1) is 0 Å². The van der Waals surface area contributed by atoms with Crippen LogP contribution in [0, 0.1) is 11.6 Å². The smallest absolute Gasteiger partial charge is 0.159 e. The first kappa shape index (κ1) is 15.0. The van der Waals surface area contributed by atoms with Crippen molar-refractivity contribution >= 4 is 0 Å². The Kier molecular flexibility index (Phi) is 7.48. The van der Waals surface area contributed by atoms with E-state index in [0.717, 1.165) is 12.5 Å². The molecule has 1 rings (SSSR count). The molecule has 1 N–H and O–H groups in total. The van der Waals surface area contributed by atoms with Gasteiger partial charge in [0.05, 0.1) is 6.61 Å². The fourth-order valence-corrected chi connectivity index (χ4v) is 1.43. The normalized spacial score (nSPS) is 10.8. The Hall–Kier alpha value is -1.04. The van der Waals surface area contributed by atoms with Crippen molar-refractivity contribution in [2.24, 2.45) is 0 Å². The minimum atomic E-state index is -0.819. The predicted molar refractivity (Wildman–Crippen MR) is 65.4 cm³/mol. The van der Waals surface area contributed by atoms with Crippen LogP contribution >= 0.6 is 0 Å². The zero-order chi connectivity index (χ0) is 13.2. The molecule has 0 aliphatic rings. The lowest BCUT2D eigenvalue weighted by Crippen LogP contribution is -2.19. The average Bonchev–Trinajstić information content (AvgIpc) is 2.37. The van der Waals surface area contributed by atoms with Gasteiger partial charge in [-0.1, -0.05) is 6.07 Å². The monoisotopic (exact) mass is 259 g/mol. The van der Waals surface area contributed by atoms with E-state index in [4.69, 9.17) is 9.47 Å². The third kappa shape index (κ3) is 6.05. The standard InChI is InChI=1S/C13H19F2NO2/c1-17-6-2-7-18-8-5-16-10-11-3-4-12(14)13(15)9-11/h3-4,9,16H,2,5-8,10H2,1H3. The molecule has 102 valence electrons. The molecule has 0 atom stereocenters. The first-order chi connectivity index (χ1) is 8.74. The number of methoxy groups -OCH3 is 1. The van der Waals surface area contributed by atoms with Crippen molar-refractivity contribution < 1.29 is 18.3 Å². The van der Waals surface area contributed by atoms with E-state index < -0.39 is 11.6 Å². The average molecular weight is 259 g/mol. The number of hydrogen-bond acceptors (Lipinski definition) is 3. The van der Waals surface area contributed by atoms with E-state index >= 15 is 0 Å². The second kappa shape index (κ2) is 8.97. The van der Waals surface area contributed by atoms with Gasteiger partial charge in [0, 0.05) is 33.4 Å². The summed E-state index contributed by atoms with van der Waals surface area (Å²) < 4.78 is 35.8. The fourth-order valence-electron chi connectivity index (χ4n) is 1.43. The van der Waals surface area contributed by atoms with Gasteiger partial charge in [-0.2, -0.15) is 0 Å². The van der Waals surface area contributed by atoms with E-state index in [-0.39, 0.29) is 0 Å². The van der Waals surface area contributed by atoms with Gasteiger partial charge < -0.3 is 14.8 Å². The summed E-state index contributed by atoms with van der Waals surface area (Å²) in [5, 5.41) is 3.09. The Morgan fingerprint density at radius 3 is 2.67 bits per heavy atom. The largest absolute Gasteiger partial charge is 0.385 e. The van der Waals surface area contributed by atoms with Crippen LogP contribution in [0.5, 0.6) is 0 Å². The number of rotatable bonds is 9. The summed E-state index contributed by atoms with van der Waals surface area (Å²) in [6.45, 7) is 3.13. The molecular formula is C13H19F2NO2. The zero-order valence-corrected chi connectivity index (χ0v) is 10.5. The van der Waals surface area contributed by atoms with Crippen molar-refractivity contribution in [3.05, 3.63) is 35.4 Å². The first-order valence-corrected chi connectivity index (χ1v) is 5.95. The number of hydrogen-bond donors (Lipinski definition) is 1. The molecule has 5 heteroatoms. The predicted octanol–water partition coefficient (Wildman–Crippen LogP) is 2.11. The first-order valence-electron chi connectivity index (χ1n) is 5.95. The Bertz CT molecular complexity index is 348. The molecule has 0 aromatic heterocycles. The van der Waals surface area contributed by atoms with Gasteiger partial charge in [0.25, 0.3) is 0 Å². The molecule has 0 unspecified atom stereocenters. The van der Waals surface area contributed by atoms with Gasteiger partial charge in [0.15, 0.2) is 11.6 Å². The second-order valence-corrected chi connectivity index (χ2v) is 3.88. The Morgan fingerprint density at radius 1 is 1.11 bits per heavy atom. The second-order valence-electron chi connectivity index (χ2n) is 3.88. The van der Waals surface area contributed by atoms with Crippen molar-refractivity contribution in [1.82, 2.24) is 5.32 Å². The van der Waals surface area contributed by atoms with Gasteiger partial charge in [0.2, 0.25) is 0 Å². The summed E-state index contributed by atoms with van der Waals surface area (Å²) in [4.78, 5) is 0. The van der Waals surface area contributed by atoms with Gasteiger partial charge >= 0.3 is 0 Å². The summed E-state index contributed by atoms with van der Waals surface area (Å²) in [7, 11) is 1.66. The molecule has 3 nitrogen and oxygen atoms in total. The summed E-state index contributed by atoms with van der Waals surface area (Å²) in [6.07, 6.45) is 0.875. The Morgan fingerprint density at radius 2 is 1.94 bits per heavy atom. The van der Waals surface area contributed by atoms with Crippen molar-refractivity contribution in [2.75, 3.05) is 33.5 Å². The third-order valence-corrected chi connectivity index (χ3v) is 2.37. The van der Waals surface area contributed by atoms with Crippen LogP contribution in [-0.4, -0.2) is 33.5 Å². The molecule has 1 aromatic rings. The van der Waals surface area contributed by atoms with Crippen LogP contribution in [0.2, 0.25) is 0 Å². The molecule has 0 fully saturated rings. The maximum absolute atomic E-state index is 12.9. The van der Waals surface area contributed by atoms with E-state index in [1.54, 1.807) is 13.2 Å². The molecular weight excluding hydrogens is 240 g/mol. The van der Waals surface area contributed by atoms with Gasteiger partial charge in [-0.25, -0.2) is 8.78 Å². The van der Waals surface area contributed by atoms with Crippen LogP contribution in [0.4, 0.5) is 8.78 Å². The SMILES string of the molecule is COCCCOCCNCc1ccc(F)c(F)c1. The number of halogens is 2. The van der Waals surface area contributed by atoms with Crippen molar-refractivity contribution in [1.29, 1.82) is 0 Å². The van der Waals surface area contributed by atoms with Crippen LogP contribution < -0.4 is 5.32 Å². The number of nitrogens with one attached hydrogen (secondary N) is 1. The van der Waals surface area contributed by atoms with E-state index in [1.807, 2.05) is 0 Å². The molecule has 1 aromatic carbocycles. The molecule has 0 bridgehead atoms. The maximum atomic E-state index is 12.9. The zero-order valence-electron chi connectivity index (χ0n) is 10.5. The third-order valence-electron chi connectivity index (χ3n) is 2.37. The lowest BCUT2D eigenvalue weighted by atomic mass is 10.2. The number of ether oxygens (including phenoxy) is 2. The Labute approximate surface area is 106 Å². The summed E-state index contributed by atoms with van der Waals surface area (Å²) in [5.41, 5.74) is 0.716. The van der Waals surface area contributed by atoms with Crippen molar-refractivity contribution in [2.45, 2.75) is 13.0 Å². The fraction of sp³-hybridized carbons (Fsp3) is 0.538. The topological polar surface area (TPSA) is 30.5 Å². The summed E-state index contributed by atoms with van der Waals surface area (Å²) in [6, 6.07) is 3.89.